The fourth-order valence-corrected chi connectivity index (χ4v) is 2.11. The lowest BCUT2D eigenvalue weighted by Gasteiger charge is -2.10. The van der Waals surface area contributed by atoms with Crippen LogP contribution in [0, 0.1) is 5.82 Å². The highest BCUT2D eigenvalue weighted by molar-refractivity contribution is 5.78. The van der Waals surface area contributed by atoms with E-state index in [0.29, 0.717) is 12.1 Å². The average Bonchev–Trinajstić information content (AvgIpc) is 2.53. The highest BCUT2D eigenvalue weighted by atomic mass is 19.1. The highest BCUT2D eigenvalue weighted by Gasteiger charge is 2.09. The molecule has 0 bridgehead atoms. The first-order chi connectivity index (χ1) is 10.6. The summed E-state index contributed by atoms with van der Waals surface area (Å²) in [5.74, 6) is 0.226. The predicted molar refractivity (Wildman–Crippen MR) is 81.5 cm³/mol. The number of halogens is 1. The Morgan fingerprint density at radius 1 is 1.09 bits per heavy atom. The van der Waals surface area contributed by atoms with Crippen LogP contribution >= 0.6 is 0 Å². The molecule has 2 aromatic carbocycles. The predicted octanol–water partition coefficient (Wildman–Crippen LogP) is 2.70. The summed E-state index contributed by atoms with van der Waals surface area (Å²) in [5.41, 5.74) is 1.48. The van der Waals surface area contributed by atoms with Crippen molar-refractivity contribution in [3.8, 4) is 11.5 Å². The summed E-state index contributed by atoms with van der Waals surface area (Å²) >= 11 is 0. The lowest BCUT2D eigenvalue weighted by molar-refractivity contribution is -0.120. The molecule has 2 rings (SSSR count). The van der Waals surface area contributed by atoms with Crippen LogP contribution in [0.1, 0.15) is 11.1 Å². The Morgan fingerprint density at radius 3 is 2.50 bits per heavy atom. The molecule has 0 spiro atoms. The quantitative estimate of drug-likeness (QED) is 0.892. The smallest absolute Gasteiger partial charge is 0.224 e. The number of nitrogens with one attached hydrogen (secondary N) is 1. The Balaban J connectivity index is 1.94. The van der Waals surface area contributed by atoms with Crippen molar-refractivity contribution >= 4 is 5.91 Å². The van der Waals surface area contributed by atoms with Crippen molar-refractivity contribution in [1.82, 2.24) is 5.32 Å². The van der Waals surface area contributed by atoms with E-state index in [-0.39, 0.29) is 18.1 Å². The molecule has 0 aliphatic carbocycles. The number of benzene rings is 2. The van der Waals surface area contributed by atoms with Crippen LogP contribution in [0.3, 0.4) is 0 Å². The molecule has 0 aliphatic heterocycles. The molecule has 5 heteroatoms. The minimum absolute atomic E-state index is 0.107. The van der Waals surface area contributed by atoms with Gasteiger partial charge in [0.05, 0.1) is 20.6 Å². The van der Waals surface area contributed by atoms with Crippen LogP contribution in [0.25, 0.3) is 0 Å². The molecule has 116 valence electrons. The minimum Gasteiger partial charge on any atom is -0.496 e. The van der Waals surface area contributed by atoms with Gasteiger partial charge in [0.1, 0.15) is 5.75 Å². The maximum atomic E-state index is 13.6. The van der Waals surface area contributed by atoms with Crippen LogP contribution in [0.4, 0.5) is 4.39 Å². The fraction of sp³-hybridized carbons (Fsp3) is 0.235. The molecule has 0 radical (unpaired) electrons. The van der Waals surface area contributed by atoms with E-state index in [9.17, 15) is 9.18 Å². The van der Waals surface area contributed by atoms with Gasteiger partial charge < -0.3 is 14.8 Å². The Bertz CT molecular complexity index is 658. The topological polar surface area (TPSA) is 47.6 Å². The van der Waals surface area contributed by atoms with Crippen LogP contribution in [0.15, 0.2) is 42.5 Å². The normalized spacial score (nSPS) is 10.1. The van der Waals surface area contributed by atoms with E-state index in [2.05, 4.69) is 5.32 Å². The van der Waals surface area contributed by atoms with Crippen LogP contribution < -0.4 is 14.8 Å². The third-order valence-electron chi connectivity index (χ3n) is 3.25. The van der Waals surface area contributed by atoms with Crippen molar-refractivity contribution < 1.29 is 18.7 Å². The zero-order chi connectivity index (χ0) is 15.9. The molecule has 1 N–H and O–H groups in total. The van der Waals surface area contributed by atoms with Crippen molar-refractivity contribution in [2.75, 3.05) is 14.2 Å². The molecule has 2 aromatic rings. The molecular weight excluding hydrogens is 285 g/mol. The number of carbonyl (C=O) groups is 1. The fourth-order valence-electron chi connectivity index (χ4n) is 2.11. The van der Waals surface area contributed by atoms with Gasteiger partial charge in [-0.15, -0.1) is 0 Å². The minimum atomic E-state index is -0.475. The van der Waals surface area contributed by atoms with E-state index in [1.165, 1.54) is 19.2 Å². The Kier molecular flexibility index (Phi) is 5.36. The number of hydrogen-bond acceptors (Lipinski definition) is 3. The van der Waals surface area contributed by atoms with E-state index in [1.54, 1.807) is 13.2 Å². The molecular formula is C17H18FNO3. The maximum Gasteiger partial charge on any atom is 0.224 e. The maximum absolute atomic E-state index is 13.6. The van der Waals surface area contributed by atoms with Gasteiger partial charge in [0.2, 0.25) is 5.91 Å². The monoisotopic (exact) mass is 303 g/mol. The molecule has 0 aliphatic rings. The van der Waals surface area contributed by atoms with Gasteiger partial charge >= 0.3 is 0 Å². The number of amides is 1. The van der Waals surface area contributed by atoms with Crippen LogP contribution in [0.5, 0.6) is 11.5 Å². The van der Waals surface area contributed by atoms with Crippen LogP contribution in [-0.2, 0) is 17.8 Å². The number of hydrogen-bond donors (Lipinski definition) is 1. The van der Waals surface area contributed by atoms with Crippen molar-refractivity contribution in [3.63, 3.8) is 0 Å². The van der Waals surface area contributed by atoms with Gasteiger partial charge in [-0.1, -0.05) is 24.3 Å². The van der Waals surface area contributed by atoms with Crippen molar-refractivity contribution in [2.24, 2.45) is 0 Å². The van der Waals surface area contributed by atoms with Gasteiger partial charge in [0, 0.05) is 12.1 Å². The molecule has 0 fully saturated rings. The number of para-hydroxylation sites is 1. The largest absolute Gasteiger partial charge is 0.496 e. The molecule has 4 nitrogen and oxygen atoms in total. The summed E-state index contributed by atoms with van der Waals surface area (Å²) in [6.07, 6.45) is 0.107. The van der Waals surface area contributed by atoms with Gasteiger partial charge in [-0.25, -0.2) is 4.39 Å². The van der Waals surface area contributed by atoms with Crippen molar-refractivity contribution in [2.45, 2.75) is 13.0 Å². The molecule has 0 saturated carbocycles. The molecule has 0 heterocycles. The van der Waals surface area contributed by atoms with E-state index < -0.39 is 5.82 Å². The summed E-state index contributed by atoms with van der Waals surface area (Å²) in [6.45, 7) is 0.363. The SMILES string of the molecule is COc1ccc(CC(=O)NCc2ccccc2OC)cc1F. The second kappa shape index (κ2) is 7.45. The second-order valence-corrected chi connectivity index (χ2v) is 4.73. The summed E-state index contributed by atoms with van der Waals surface area (Å²) in [5, 5.41) is 2.80. The number of rotatable bonds is 6. The lowest BCUT2D eigenvalue weighted by atomic mass is 10.1. The van der Waals surface area contributed by atoms with E-state index in [4.69, 9.17) is 9.47 Å². The van der Waals surface area contributed by atoms with Gasteiger partial charge in [0.15, 0.2) is 11.6 Å². The van der Waals surface area contributed by atoms with Gasteiger partial charge in [-0.3, -0.25) is 4.79 Å². The third-order valence-corrected chi connectivity index (χ3v) is 3.25. The second-order valence-electron chi connectivity index (χ2n) is 4.73. The van der Waals surface area contributed by atoms with Crippen molar-refractivity contribution in [3.05, 3.63) is 59.4 Å². The average molecular weight is 303 g/mol. The van der Waals surface area contributed by atoms with E-state index in [1.807, 2.05) is 24.3 Å². The van der Waals surface area contributed by atoms with Gasteiger partial charge in [0.25, 0.3) is 0 Å². The standard InChI is InChI=1S/C17H18FNO3/c1-21-15-6-4-3-5-13(15)11-19-17(20)10-12-7-8-16(22-2)14(18)9-12/h3-9H,10-11H2,1-2H3,(H,19,20). The lowest BCUT2D eigenvalue weighted by Crippen LogP contribution is -2.24. The first-order valence-corrected chi connectivity index (χ1v) is 6.85. The summed E-state index contributed by atoms with van der Waals surface area (Å²) < 4.78 is 23.6. The van der Waals surface area contributed by atoms with Crippen LogP contribution in [-0.4, -0.2) is 20.1 Å². The highest BCUT2D eigenvalue weighted by Crippen LogP contribution is 2.18. The van der Waals surface area contributed by atoms with Crippen LogP contribution in [0.2, 0.25) is 0 Å². The Labute approximate surface area is 128 Å². The molecule has 0 saturated heterocycles. The summed E-state index contributed by atoms with van der Waals surface area (Å²) in [6, 6.07) is 11.9. The molecule has 1 amide bonds. The van der Waals surface area contributed by atoms with E-state index in [0.717, 1.165) is 11.3 Å². The third kappa shape index (κ3) is 3.97. The number of methoxy groups -OCH3 is 2. The first kappa shape index (κ1) is 15.8. The summed E-state index contributed by atoms with van der Waals surface area (Å²) in [4.78, 5) is 11.9. The Hall–Kier alpha value is -2.56. The number of carbonyl (C=O) groups excluding carboxylic acids is 1. The summed E-state index contributed by atoms with van der Waals surface area (Å²) in [7, 11) is 2.98. The molecule has 0 aromatic heterocycles. The first-order valence-electron chi connectivity index (χ1n) is 6.85. The molecule has 0 unspecified atom stereocenters. The van der Waals surface area contributed by atoms with Gasteiger partial charge in [-0.05, 0) is 23.8 Å². The zero-order valence-corrected chi connectivity index (χ0v) is 12.6. The number of ether oxygens (including phenoxy) is 2. The molecule has 0 atom stereocenters. The van der Waals surface area contributed by atoms with Crippen molar-refractivity contribution in [1.29, 1.82) is 0 Å². The van der Waals surface area contributed by atoms with Gasteiger partial charge in [-0.2, -0.15) is 0 Å². The zero-order valence-electron chi connectivity index (χ0n) is 12.6. The van der Waals surface area contributed by atoms with E-state index >= 15 is 0 Å². The Morgan fingerprint density at radius 2 is 1.82 bits per heavy atom. The molecule has 22 heavy (non-hydrogen) atoms.